The van der Waals surface area contributed by atoms with Crippen LogP contribution in [0.2, 0.25) is 0 Å². The maximum Gasteiger partial charge on any atom is 0.306 e. The zero-order chi connectivity index (χ0) is 39.9. The lowest BCUT2D eigenvalue weighted by Gasteiger charge is -2.28. The number of quaternary nitrogens is 1. The largest absolute Gasteiger partial charge is 0.756 e. The number of allylic oxidation sites excluding steroid dienone is 10. The molecule has 0 aromatic rings. The summed E-state index contributed by atoms with van der Waals surface area (Å²) in [6.45, 7) is 5.21. The van der Waals surface area contributed by atoms with Crippen LogP contribution in [0.5, 0.6) is 0 Å². The highest BCUT2D eigenvalue weighted by molar-refractivity contribution is 7.45. The molecule has 9 heteroatoms. The van der Waals surface area contributed by atoms with Crippen molar-refractivity contribution in [2.24, 2.45) is 0 Å². The average Bonchev–Trinajstić information content (AvgIpc) is 3.12. The molecule has 2 atom stereocenters. The van der Waals surface area contributed by atoms with E-state index in [1.807, 2.05) is 21.1 Å². The van der Waals surface area contributed by atoms with Gasteiger partial charge in [-0.1, -0.05) is 139 Å². The van der Waals surface area contributed by atoms with Gasteiger partial charge in [0.25, 0.3) is 7.82 Å². The Kier molecular flexibility index (Phi) is 36.8. The molecule has 0 saturated carbocycles. The molecule has 2 unspecified atom stereocenters. The topological polar surface area (TPSA) is 94.1 Å². The minimum Gasteiger partial charge on any atom is -0.756 e. The van der Waals surface area contributed by atoms with Crippen LogP contribution in [0, 0.1) is 0 Å². The van der Waals surface area contributed by atoms with Crippen LogP contribution in [0.15, 0.2) is 60.8 Å². The van der Waals surface area contributed by atoms with Crippen molar-refractivity contribution in [3.63, 3.8) is 0 Å². The monoisotopic (exact) mass is 780 g/mol. The molecule has 0 heterocycles. The number of hydrogen-bond acceptors (Lipinski definition) is 7. The van der Waals surface area contributed by atoms with E-state index >= 15 is 0 Å². The van der Waals surface area contributed by atoms with Crippen LogP contribution in [0.4, 0.5) is 0 Å². The third-order valence-corrected chi connectivity index (χ3v) is 9.77. The molecular weight excluding hydrogens is 697 g/mol. The maximum absolute atomic E-state index is 12.6. The molecule has 0 bridgehead atoms. The fraction of sp³-hybridized carbons (Fsp3) is 0.756. The van der Waals surface area contributed by atoms with Crippen LogP contribution < -0.4 is 4.89 Å². The van der Waals surface area contributed by atoms with Gasteiger partial charge in [-0.15, -0.1) is 0 Å². The Morgan fingerprint density at radius 2 is 1.07 bits per heavy atom. The van der Waals surface area contributed by atoms with Crippen molar-refractivity contribution < 1.29 is 37.3 Å². The van der Waals surface area contributed by atoms with Crippen LogP contribution in [-0.4, -0.2) is 70.7 Å². The van der Waals surface area contributed by atoms with Gasteiger partial charge in [-0.2, -0.15) is 0 Å². The van der Waals surface area contributed by atoms with Crippen molar-refractivity contribution in [1.82, 2.24) is 0 Å². The number of likely N-dealkylation sites (N-methyl/N-ethyl adjacent to an activating group) is 1. The second-order valence-corrected chi connectivity index (χ2v) is 16.7. The third kappa shape index (κ3) is 41.4. The summed E-state index contributed by atoms with van der Waals surface area (Å²) in [7, 11) is 1.32. The highest BCUT2D eigenvalue weighted by Crippen LogP contribution is 2.38. The normalized spacial score (nSPS) is 14.4. The number of esters is 1. The summed E-state index contributed by atoms with van der Waals surface area (Å²) >= 11 is 0. The van der Waals surface area contributed by atoms with E-state index < -0.39 is 13.9 Å². The minimum atomic E-state index is -4.54. The van der Waals surface area contributed by atoms with E-state index in [0.717, 1.165) is 57.8 Å². The number of hydrogen-bond donors (Lipinski definition) is 0. The molecule has 0 saturated heterocycles. The lowest BCUT2D eigenvalue weighted by molar-refractivity contribution is -0.870. The van der Waals surface area contributed by atoms with E-state index in [-0.39, 0.29) is 32.2 Å². The number of rotatable bonds is 39. The Morgan fingerprint density at radius 1 is 0.593 bits per heavy atom. The van der Waals surface area contributed by atoms with Gasteiger partial charge in [-0.3, -0.25) is 9.36 Å². The standard InChI is InChI=1S/C45H82NO7P/c1-6-8-10-12-14-16-18-20-22-23-25-27-29-31-33-35-37-40-50-42-44(43-52-54(48,49)51-41-39-46(3,4)5)53-45(47)38-36-34-32-30-28-26-24-21-19-17-15-13-11-9-7-2/h9,11,15,17,21-24,28,30,44H,6-8,10,12-14,16,18-20,25-27,29,31-43H2,1-5H3/b11-9-,17-15-,23-22-,24-21-,30-28-. The average molecular weight is 780 g/mol. The zero-order valence-electron chi connectivity index (χ0n) is 35.4. The van der Waals surface area contributed by atoms with Gasteiger partial charge in [-0.25, -0.2) is 0 Å². The molecule has 0 spiro atoms. The van der Waals surface area contributed by atoms with Gasteiger partial charge in [0.2, 0.25) is 0 Å². The Labute approximate surface area is 332 Å². The molecular formula is C45H82NO7P. The molecule has 314 valence electrons. The maximum atomic E-state index is 12.6. The number of carbonyl (C=O) groups excluding carboxylic acids is 1. The molecule has 0 aliphatic rings. The second kappa shape index (κ2) is 38.1. The van der Waals surface area contributed by atoms with Crippen LogP contribution >= 0.6 is 7.82 Å². The molecule has 0 amide bonds. The molecule has 0 fully saturated rings. The number of ether oxygens (including phenoxy) is 2. The summed E-state index contributed by atoms with van der Waals surface area (Å²) in [5.74, 6) is -0.378. The molecule has 0 aliphatic carbocycles. The van der Waals surface area contributed by atoms with Crippen LogP contribution in [0.25, 0.3) is 0 Å². The van der Waals surface area contributed by atoms with Crippen molar-refractivity contribution in [1.29, 1.82) is 0 Å². The number of unbranched alkanes of at least 4 members (excludes halogenated alkanes) is 15. The predicted molar refractivity (Wildman–Crippen MR) is 226 cm³/mol. The molecule has 8 nitrogen and oxygen atoms in total. The fourth-order valence-corrected chi connectivity index (χ4v) is 6.20. The summed E-state index contributed by atoms with van der Waals surface area (Å²) in [4.78, 5) is 25.0. The van der Waals surface area contributed by atoms with Gasteiger partial charge in [0, 0.05) is 13.0 Å². The van der Waals surface area contributed by atoms with E-state index in [1.165, 1.54) is 77.0 Å². The molecule has 0 aromatic heterocycles. The van der Waals surface area contributed by atoms with Gasteiger partial charge >= 0.3 is 5.97 Å². The quantitative estimate of drug-likeness (QED) is 0.0202. The Bertz CT molecular complexity index is 1050. The molecule has 0 radical (unpaired) electrons. The van der Waals surface area contributed by atoms with Gasteiger partial charge in [0.05, 0.1) is 34.4 Å². The first-order chi connectivity index (χ1) is 26.1. The second-order valence-electron chi connectivity index (χ2n) is 15.3. The zero-order valence-corrected chi connectivity index (χ0v) is 36.3. The third-order valence-electron chi connectivity index (χ3n) is 8.80. The molecule has 0 rings (SSSR count). The summed E-state index contributed by atoms with van der Waals surface area (Å²) in [5.41, 5.74) is 0. The molecule has 54 heavy (non-hydrogen) atoms. The van der Waals surface area contributed by atoms with Crippen molar-refractivity contribution in [2.75, 3.05) is 54.1 Å². The van der Waals surface area contributed by atoms with Gasteiger partial charge in [0.1, 0.15) is 19.3 Å². The SMILES string of the molecule is CC/C=C\C/C=C\C/C=C\C/C=C\CCCCC(=O)OC(COCCCCCCCC/C=C\CCCCCCCCC)COP(=O)([O-])OCC[N+](C)(C)C. The Balaban J connectivity index is 4.33. The van der Waals surface area contributed by atoms with Crippen molar-refractivity contribution in [3.05, 3.63) is 60.8 Å². The fourth-order valence-electron chi connectivity index (χ4n) is 5.47. The van der Waals surface area contributed by atoms with Gasteiger partial charge < -0.3 is 27.9 Å². The van der Waals surface area contributed by atoms with E-state index in [9.17, 15) is 14.3 Å². The first kappa shape index (κ1) is 52.2. The predicted octanol–water partition coefficient (Wildman–Crippen LogP) is 11.9. The van der Waals surface area contributed by atoms with E-state index in [2.05, 4.69) is 74.6 Å². The lowest BCUT2D eigenvalue weighted by atomic mass is 10.1. The number of phosphoric ester groups is 1. The number of carbonyl (C=O) groups is 1. The molecule has 0 aliphatic heterocycles. The highest BCUT2D eigenvalue weighted by Gasteiger charge is 2.20. The highest BCUT2D eigenvalue weighted by atomic mass is 31.2. The minimum absolute atomic E-state index is 0.0144. The molecule has 0 aromatic carbocycles. The van der Waals surface area contributed by atoms with E-state index in [0.29, 0.717) is 24.1 Å². The smallest absolute Gasteiger partial charge is 0.306 e. The first-order valence-electron chi connectivity index (χ1n) is 21.5. The van der Waals surface area contributed by atoms with E-state index in [4.69, 9.17) is 18.5 Å². The summed E-state index contributed by atoms with van der Waals surface area (Å²) < 4.78 is 34.5. The Hall–Kier alpha value is -1.80. The van der Waals surface area contributed by atoms with Crippen molar-refractivity contribution in [2.45, 2.75) is 168 Å². The van der Waals surface area contributed by atoms with Gasteiger partial charge in [0.15, 0.2) is 0 Å². The van der Waals surface area contributed by atoms with Crippen LogP contribution in [0.3, 0.4) is 0 Å². The number of nitrogens with zero attached hydrogens (tertiary/aromatic N) is 1. The van der Waals surface area contributed by atoms with E-state index in [1.54, 1.807) is 0 Å². The van der Waals surface area contributed by atoms with Crippen molar-refractivity contribution >= 4 is 13.8 Å². The van der Waals surface area contributed by atoms with Gasteiger partial charge in [-0.05, 0) is 77.0 Å². The summed E-state index contributed by atoms with van der Waals surface area (Å²) in [6.07, 6.45) is 46.7. The molecule has 0 N–H and O–H groups in total. The summed E-state index contributed by atoms with van der Waals surface area (Å²) in [5, 5.41) is 0. The summed E-state index contributed by atoms with van der Waals surface area (Å²) in [6, 6.07) is 0. The van der Waals surface area contributed by atoms with Crippen LogP contribution in [0.1, 0.15) is 162 Å². The Morgan fingerprint density at radius 3 is 1.63 bits per heavy atom. The van der Waals surface area contributed by atoms with Crippen LogP contribution in [-0.2, 0) is 27.9 Å². The first-order valence-corrected chi connectivity index (χ1v) is 23.0. The van der Waals surface area contributed by atoms with Crippen molar-refractivity contribution in [3.8, 4) is 0 Å². The number of phosphoric acid groups is 1. The lowest BCUT2D eigenvalue weighted by Crippen LogP contribution is -2.37.